The van der Waals surface area contributed by atoms with Crippen molar-refractivity contribution in [2.75, 3.05) is 5.73 Å². The summed E-state index contributed by atoms with van der Waals surface area (Å²) in [5.41, 5.74) is 9.34. The average molecular weight is 350 g/mol. The van der Waals surface area contributed by atoms with Gasteiger partial charge in [0.25, 0.3) is 0 Å². The monoisotopic (exact) mass is 350 g/mol. The van der Waals surface area contributed by atoms with Crippen LogP contribution in [0.1, 0.15) is 24.0 Å². The van der Waals surface area contributed by atoms with Crippen LogP contribution in [0.2, 0.25) is 0 Å². The topological polar surface area (TPSA) is 116 Å². The van der Waals surface area contributed by atoms with Gasteiger partial charge in [-0.2, -0.15) is 0 Å². The zero-order valence-corrected chi connectivity index (χ0v) is 14.5. The third-order valence-electron chi connectivity index (χ3n) is 4.22. The lowest BCUT2D eigenvalue weighted by Gasteiger charge is -2.05. The van der Waals surface area contributed by atoms with E-state index in [1.165, 1.54) is 0 Å². The van der Waals surface area contributed by atoms with Gasteiger partial charge in [-0.3, -0.25) is 4.57 Å². The minimum absolute atomic E-state index is 0.268. The molecule has 0 amide bonds. The Labute approximate surface area is 148 Å². The molecule has 0 saturated carbocycles. The first kappa shape index (κ1) is 16.1. The summed E-state index contributed by atoms with van der Waals surface area (Å²) in [6.07, 6.45) is 2.50. The Morgan fingerprint density at radius 1 is 1.19 bits per heavy atom. The highest BCUT2D eigenvalue weighted by atomic mass is 16.3. The number of anilines is 1. The van der Waals surface area contributed by atoms with Crippen molar-refractivity contribution in [3.63, 3.8) is 0 Å². The molecular weight excluding hydrogens is 332 g/mol. The van der Waals surface area contributed by atoms with Crippen molar-refractivity contribution in [1.82, 2.24) is 24.5 Å². The predicted molar refractivity (Wildman–Crippen MR) is 97.7 cm³/mol. The smallest absolute Gasteiger partial charge is 0.328 e. The van der Waals surface area contributed by atoms with E-state index in [0.717, 1.165) is 23.2 Å². The largest absolute Gasteiger partial charge is 0.444 e. The Balaban J connectivity index is 1.67. The Morgan fingerprint density at radius 2 is 1.96 bits per heavy atom. The van der Waals surface area contributed by atoms with Crippen molar-refractivity contribution in [2.45, 2.75) is 26.8 Å². The van der Waals surface area contributed by atoms with Gasteiger partial charge >= 0.3 is 5.69 Å². The fourth-order valence-corrected chi connectivity index (χ4v) is 2.85. The molecule has 1 aromatic carbocycles. The van der Waals surface area contributed by atoms with E-state index < -0.39 is 0 Å². The minimum Gasteiger partial charge on any atom is -0.444 e. The molecule has 8 nitrogen and oxygen atoms in total. The number of rotatable bonds is 4. The van der Waals surface area contributed by atoms with E-state index in [1.54, 1.807) is 17.8 Å². The number of imidazole rings is 1. The van der Waals surface area contributed by atoms with Crippen LogP contribution in [-0.2, 0) is 13.0 Å². The molecule has 0 spiro atoms. The third kappa shape index (κ3) is 2.75. The fourth-order valence-electron chi connectivity index (χ4n) is 2.85. The molecule has 4 aromatic rings. The lowest BCUT2D eigenvalue weighted by Crippen LogP contribution is -2.17. The highest BCUT2D eigenvalue weighted by Crippen LogP contribution is 2.20. The third-order valence-corrected chi connectivity index (χ3v) is 4.22. The van der Waals surface area contributed by atoms with Gasteiger partial charge in [-0.25, -0.2) is 19.7 Å². The van der Waals surface area contributed by atoms with E-state index in [1.807, 2.05) is 31.2 Å². The van der Waals surface area contributed by atoms with Gasteiger partial charge in [-0.1, -0.05) is 19.1 Å². The number of fused-ring (bicyclic) bond motifs is 1. The van der Waals surface area contributed by atoms with Gasteiger partial charge in [0.15, 0.2) is 11.5 Å². The summed E-state index contributed by atoms with van der Waals surface area (Å²) in [4.78, 5) is 27.9. The quantitative estimate of drug-likeness (QED) is 0.583. The molecule has 0 unspecified atom stereocenters. The van der Waals surface area contributed by atoms with E-state index in [4.69, 9.17) is 10.2 Å². The fraction of sp³-hybridized carbons (Fsp3) is 0.222. The van der Waals surface area contributed by atoms with Crippen molar-refractivity contribution >= 4 is 17.0 Å². The standard InChI is InChI=1S/C18H18N6O2/c1-3-13-9-26-17(22-13)12-6-4-11(5-7-12)8-24-16-14(23-18(24)25)15(19)20-10(2)21-16/h4-7,9H,3,8H2,1-2H3,(H,23,25)(H2,19,20,21). The molecule has 0 bridgehead atoms. The molecule has 132 valence electrons. The molecule has 3 heterocycles. The summed E-state index contributed by atoms with van der Waals surface area (Å²) in [6, 6.07) is 7.73. The van der Waals surface area contributed by atoms with Gasteiger partial charge in [0, 0.05) is 5.56 Å². The maximum atomic E-state index is 12.3. The van der Waals surface area contributed by atoms with Gasteiger partial charge in [0.2, 0.25) is 5.89 Å². The first-order valence-electron chi connectivity index (χ1n) is 8.31. The Morgan fingerprint density at radius 3 is 2.65 bits per heavy atom. The molecule has 0 aliphatic rings. The lowest BCUT2D eigenvalue weighted by atomic mass is 10.1. The second kappa shape index (κ2) is 6.14. The van der Waals surface area contributed by atoms with E-state index >= 15 is 0 Å². The highest BCUT2D eigenvalue weighted by Gasteiger charge is 2.13. The Bertz CT molecular complexity index is 1140. The number of nitrogen functional groups attached to an aromatic ring is 1. The summed E-state index contributed by atoms with van der Waals surface area (Å²) in [7, 11) is 0. The maximum Gasteiger partial charge on any atom is 0.328 e. The number of nitrogens with zero attached hydrogens (tertiary/aromatic N) is 4. The number of nitrogens with one attached hydrogen (secondary N) is 1. The molecule has 3 aromatic heterocycles. The normalized spacial score (nSPS) is 11.3. The molecule has 0 atom stereocenters. The van der Waals surface area contributed by atoms with Gasteiger partial charge in [0.1, 0.15) is 17.6 Å². The first-order valence-corrected chi connectivity index (χ1v) is 8.31. The summed E-state index contributed by atoms with van der Waals surface area (Å²) in [5.74, 6) is 1.39. The number of benzene rings is 1. The van der Waals surface area contributed by atoms with Crippen molar-refractivity contribution in [3.8, 4) is 11.5 Å². The van der Waals surface area contributed by atoms with Crippen molar-refractivity contribution < 1.29 is 4.42 Å². The second-order valence-electron chi connectivity index (χ2n) is 6.07. The zero-order chi connectivity index (χ0) is 18.3. The molecule has 8 heteroatoms. The van der Waals surface area contributed by atoms with Gasteiger partial charge < -0.3 is 15.1 Å². The number of aromatic nitrogens is 5. The minimum atomic E-state index is -0.268. The molecule has 0 fully saturated rings. The van der Waals surface area contributed by atoms with Gasteiger partial charge in [0.05, 0.1) is 12.2 Å². The molecule has 0 aliphatic heterocycles. The number of H-pyrrole nitrogens is 1. The van der Waals surface area contributed by atoms with E-state index in [-0.39, 0.29) is 11.5 Å². The van der Waals surface area contributed by atoms with Crippen LogP contribution in [0.3, 0.4) is 0 Å². The average Bonchev–Trinajstić information content (AvgIpc) is 3.22. The van der Waals surface area contributed by atoms with Crippen LogP contribution >= 0.6 is 0 Å². The lowest BCUT2D eigenvalue weighted by molar-refractivity contribution is 0.573. The number of hydrogen-bond acceptors (Lipinski definition) is 6. The first-order chi connectivity index (χ1) is 12.5. The SMILES string of the molecule is CCc1coc(-c2ccc(Cn3c(=O)[nH]c4c(N)nc(C)nc43)cc2)n1. The van der Waals surface area contributed by atoms with Crippen molar-refractivity contribution in [2.24, 2.45) is 0 Å². The highest BCUT2D eigenvalue weighted by molar-refractivity contribution is 5.81. The molecule has 3 N–H and O–H groups in total. The zero-order valence-electron chi connectivity index (χ0n) is 14.5. The molecule has 0 saturated heterocycles. The summed E-state index contributed by atoms with van der Waals surface area (Å²) >= 11 is 0. The molecule has 26 heavy (non-hydrogen) atoms. The van der Waals surface area contributed by atoms with E-state index in [9.17, 15) is 4.79 Å². The van der Waals surface area contributed by atoms with Crippen LogP contribution in [-0.4, -0.2) is 24.5 Å². The molecule has 0 aliphatic carbocycles. The van der Waals surface area contributed by atoms with Gasteiger partial charge in [-0.05, 0) is 31.0 Å². The number of nitrogens with two attached hydrogens (primary N) is 1. The molecule has 4 rings (SSSR count). The van der Waals surface area contributed by atoms with Crippen LogP contribution in [0.25, 0.3) is 22.6 Å². The predicted octanol–water partition coefficient (Wildman–Crippen LogP) is 2.28. The van der Waals surface area contributed by atoms with Crippen molar-refractivity contribution in [3.05, 3.63) is 58.1 Å². The molecular formula is C18H18N6O2. The van der Waals surface area contributed by atoms with Crippen molar-refractivity contribution in [1.29, 1.82) is 0 Å². The van der Waals surface area contributed by atoms with Crippen LogP contribution in [0.15, 0.2) is 39.7 Å². The Kier molecular flexibility index (Phi) is 3.80. The molecule has 0 radical (unpaired) electrons. The van der Waals surface area contributed by atoms with E-state index in [2.05, 4.69) is 19.9 Å². The maximum absolute atomic E-state index is 12.3. The van der Waals surface area contributed by atoms with E-state index in [0.29, 0.717) is 29.4 Å². The summed E-state index contributed by atoms with van der Waals surface area (Å²) in [6.45, 7) is 4.15. The van der Waals surface area contributed by atoms with Crippen LogP contribution < -0.4 is 11.4 Å². The van der Waals surface area contributed by atoms with Crippen LogP contribution in [0.5, 0.6) is 0 Å². The van der Waals surface area contributed by atoms with Gasteiger partial charge in [-0.15, -0.1) is 0 Å². The van der Waals surface area contributed by atoms with Crippen LogP contribution in [0.4, 0.5) is 5.82 Å². The Hall–Kier alpha value is -3.42. The number of hydrogen-bond donors (Lipinski definition) is 2. The second-order valence-corrected chi connectivity index (χ2v) is 6.07. The number of aromatic amines is 1. The summed E-state index contributed by atoms with van der Waals surface area (Å²) in [5, 5.41) is 0. The number of oxazole rings is 1. The van der Waals surface area contributed by atoms with Crippen LogP contribution in [0, 0.1) is 6.92 Å². The summed E-state index contributed by atoms with van der Waals surface area (Å²) < 4.78 is 7.04. The number of aryl methyl sites for hydroxylation is 2.